The molecule has 0 aromatic rings. The molecule has 0 heterocycles. The van der Waals surface area contributed by atoms with Crippen LogP contribution in [0.3, 0.4) is 0 Å². The van der Waals surface area contributed by atoms with Gasteiger partial charge in [0.25, 0.3) is 0 Å². The van der Waals surface area contributed by atoms with Crippen LogP contribution in [-0.2, 0) is 0 Å². The van der Waals surface area contributed by atoms with Gasteiger partial charge in [-0.3, -0.25) is 0 Å². The molecule has 32 valence electrons. The van der Waals surface area contributed by atoms with Crippen LogP contribution < -0.4 is 0 Å². The second-order valence-corrected chi connectivity index (χ2v) is 3.00. The Bertz CT molecular complexity index is 7.51. The molecule has 0 aliphatic heterocycles. The molecule has 0 saturated carbocycles. The molecule has 0 nitrogen and oxygen atoms in total. The van der Waals surface area contributed by atoms with Crippen molar-refractivity contribution in [3.8, 4) is 0 Å². The van der Waals surface area contributed by atoms with E-state index in [2.05, 4.69) is 0 Å². The van der Waals surface area contributed by atoms with Crippen LogP contribution in [0, 0.1) is 0 Å². The van der Waals surface area contributed by atoms with Gasteiger partial charge in [0.2, 0.25) is 0 Å². The number of hydrogen-bond acceptors (Lipinski definition) is 0. The summed E-state index contributed by atoms with van der Waals surface area (Å²) < 4.78 is 2.78. The first-order valence-corrected chi connectivity index (χ1v) is 4.74. The molecule has 0 N–H and O–H groups in total. The van der Waals surface area contributed by atoms with Crippen molar-refractivity contribution in [3.63, 3.8) is 0 Å². The Morgan fingerprint density at radius 1 is 0.833 bits per heavy atom. The van der Waals surface area contributed by atoms with Crippen molar-refractivity contribution in [2.45, 2.75) is 8.73 Å². The first kappa shape index (κ1) is 16.1. The predicted octanol–water partition coefficient (Wildman–Crippen LogP) is -0.602. The van der Waals surface area contributed by atoms with Gasteiger partial charge in [-0.2, -0.15) is 0 Å². The van der Waals surface area contributed by atoms with E-state index in [0.717, 1.165) is 0 Å². The fourth-order valence-corrected chi connectivity index (χ4v) is 0. The van der Waals surface area contributed by atoms with E-state index in [1.807, 2.05) is 46.0 Å². The first-order valence-electron chi connectivity index (χ1n) is 1.13. The molecule has 10 radical (unpaired) electrons. The number of hydrogen-bond donors (Lipinski definition) is 0. The minimum atomic E-state index is 0. The summed E-state index contributed by atoms with van der Waals surface area (Å²) in [5.74, 6) is 0. The van der Waals surface area contributed by atoms with Crippen LogP contribution in [0.4, 0.5) is 0 Å². The summed E-state index contributed by atoms with van der Waals surface area (Å²) in [6.07, 6.45) is 0. The van der Waals surface area contributed by atoms with Crippen molar-refractivity contribution in [3.05, 3.63) is 0 Å². The van der Waals surface area contributed by atoms with Gasteiger partial charge >= 0.3 is 54.8 Å². The molecule has 0 unspecified atom stereocenters. The normalized spacial score (nSPS) is 5.00. The minimum absolute atomic E-state index is 0. The average molecular weight is 515 g/mol. The van der Waals surface area contributed by atoms with Gasteiger partial charge < -0.3 is 0 Å². The molecule has 0 rings (SSSR count). The maximum atomic E-state index is 1.91. The van der Waals surface area contributed by atoms with Crippen LogP contribution in [0.25, 0.3) is 0 Å². The third-order valence-electron chi connectivity index (χ3n) is 0.1000. The first-order chi connectivity index (χ1) is 1.91. The van der Waals surface area contributed by atoms with E-state index in [1.54, 1.807) is 0 Å². The Morgan fingerprint density at radius 2 is 1.00 bits per heavy atom. The summed E-state index contributed by atoms with van der Waals surface area (Å²) in [5.41, 5.74) is 0. The third-order valence-corrected chi connectivity index (χ3v) is 4.50. The molecule has 0 spiro atoms. The third kappa shape index (κ3) is 15.7. The topological polar surface area (TPSA) is 0 Å². The zero-order chi connectivity index (χ0) is 3.41. The van der Waals surface area contributed by atoms with E-state index in [0.29, 0.717) is 0 Å². The van der Waals surface area contributed by atoms with Crippen molar-refractivity contribution in [1.29, 1.82) is 0 Å². The molecular formula is C2H4Sb4. The van der Waals surface area contributed by atoms with E-state index in [4.69, 9.17) is 0 Å². The van der Waals surface area contributed by atoms with Gasteiger partial charge in [-0.05, 0) is 0 Å². The molecule has 0 atom stereocenters. The number of rotatable bonds is 1. The Morgan fingerprint density at radius 3 is 1.00 bits per heavy atom. The van der Waals surface area contributed by atoms with Crippen molar-refractivity contribution < 1.29 is 0 Å². The van der Waals surface area contributed by atoms with Crippen LogP contribution >= 0.6 is 0 Å². The Labute approximate surface area is 101 Å². The van der Waals surface area contributed by atoms with E-state index in [9.17, 15) is 0 Å². The molecule has 4 heteroatoms. The molecule has 0 saturated heterocycles. The summed E-state index contributed by atoms with van der Waals surface area (Å²) in [6.45, 7) is 0. The van der Waals surface area contributed by atoms with E-state index < -0.39 is 0 Å². The zero-order valence-corrected chi connectivity index (χ0v) is 13.4. The van der Waals surface area contributed by atoms with Gasteiger partial charge in [0, 0.05) is 48.9 Å². The Kier molecular flexibility index (Phi) is 42.3. The van der Waals surface area contributed by atoms with Gasteiger partial charge in [0.05, 0.1) is 0 Å². The molecule has 0 fully saturated rings. The van der Waals surface area contributed by atoms with Crippen LogP contribution in [0.1, 0.15) is 0 Å². The fraction of sp³-hybridized carbons (Fsp3) is 1.00. The van der Waals surface area contributed by atoms with Gasteiger partial charge in [0.1, 0.15) is 0 Å². The molecule has 0 aliphatic rings. The van der Waals surface area contributed by atoms with Crippen LogP contribution in [0.5, 0.6) is 0 Å². The SMILES string of the molecule is [Sb].[Sb].[Sb][CH2][CH2][Sb]. The van der Waals surface area contributed by atoms with Crippen LogP contribution in [-0.4, -0.2) is 94.9 Å². The van der Waals surface area contributed by atoms with Crippen molar-refractivity contribution in [2.24, 2.45) is 0 Å². The zero-order valence-electron chi connectivity index (χ0n) is 3.20. The van der Waals surface area contributed by atoms with E-state index in [1.165, 1.54) is 8.73 Å². The second kappa shape index (κ2) is 15.7. The second-order valence-electron chi connectivity index (χ2n) is 0.447. The summed E-state index contributed by atoms with van der Waals surface area (Å²) in [4.78, 5) is 0. The summed E-state index contributed by atoms with van der Waals surface area (Å²) in [5, 5.41) is 0. The average Bonchev–Trinajstić information content (AvgIpc) is 1.37. The molecule has 0 amide bonds. The summed E-state index contributed by atoms with van der Waals surface area (Å²) >= 11 is 3.82. The quantitative estimate of drug-likeness (QED) is 0.410. The molecule has 0 bridgehead atoms. The standard InChI is InChI=1S/C2H4.4Sb/c1-2;;;;/h1-2H2;;;;. The maximum absolute atomic E-state index is 1.91. The van der Waals surface area contributed by atoms with E-state index >= 15 is 0 Å². The monoisotopic (exact) mass is 512 g/mol. The van der Waals surface area contributed by atoms with Gasteiger partial charge in [0.15, 0.2) is 0 Å². The predicted molar refractivity (Wildman–Crippen MR) is 32.6 cm³/mol. The van der Waals surface area contributed by atoms with E-state index in [-0.39, 0.29) is 48.9 Å². The van der Waals surface area contributed by atoms with Crippen molar-refractivity contribution >= 4 is 94.9 Å². The molecule has 0 aromatic heterocycles. The van der Waals surface area contributed by atoms with Crippen LogP contribution in [0.2, 0.25) is 8.73 Å². The molecule has 0 aromatic carbocycles. The summed E-state index contributed by atoms with van der Waals surface area (Å²) in [6, 6.07) is 0. The van der Waals surface area contributed by atoms with Gasteiger partial charge in [-0.25, -0.2) is 0 Å². The van der Waals surface area contributed by atoms with Crippen molar-refractivity contribution in [2.75, 3.05) is 0 Å². The van der Waals surface area contributed by atoms with Crippen LogP contribution in [0.15, 0.2) is 0 Å². The molecule has 0 aliphatic carbocycles. The fourth-order valence-electron chi connectivity index (χ4n) is 0. The van der Waals surface area contributed by atoms with Crippen molar-refractivity contribution in [1.82, 2.24) is 0 Å². The Hall–Kier alpha value is 3.27. The Balaban J connectivity index is -0.0000000450. The molecule has 6 heavy (non-hydrogen) atoms. The van der Waals surface area contributed by atoms with Gasteiger partial charge in [-0.1, -0.05) is 0 Å². The molecular weight excluding hydrogens is 511 g/mol. The van der Waals surface area contributed by atoms with Gasteiger partial charge in [-0.15, -0.1) is 0 Å². The summed E-state index contributed by atoms with van der Waals surface area (Å²) in [7, 11) is 0.